The summed E-state index contributed by atoms with van der Waals surface area (Å²) in [6.07, 6.45) is -0.707. The summed E-state index contributed by atoms with van der Waals surface area (Å²) in [5.74, 6) is -1.11. The summed E-state index contributed by atoms with van der Waals surface area (Å²) >= 11 is 0. The number of carbonyl (C=O) groups excluding carboxylic acids is 2. The molecule has 2 rings (SSSR count). The number of ether oxygens (including phenoxy) is 1. The molecule has 1 amide bonds. The molecule has 1 saturated heterocycles. The molecule has 1 fully saturated rings. The standard InChI is InChI=1S/C17H23NO7S/c1-5-18(13-6-7-26(22,23)9-13)16(20)12(4)25-17(21)15-10(2)8-14(19)24-11(15)3/h8,12-13H,5-7,9H2,1-4H3/t12-,13-/m0/s1. The van der Waals surface area contributed by atoms with Crippen molar-refractivity contribution in [3.63, 3.8) is 0 Å². The van der Waals surface area contributed by atoms with Crippen molar-refractivity contribution in [1.82, 2.24) is 4.90 Å². The molecular weight excluding hydrogens is 362 g/mol. The van der Waals surface area contributed by atoms with E-state index in [1.165, 1.54) is 24.8 Å². The Morgan fingerprint density at radius 1 is 1.38 bits per heavy atom. The van der Waals surface area contributed by atoms with Crippen molar-refractivity contribution in [3.8, 4) is 0 Å². The second-order valence-electron chi connectivity index (χ2n) is 6.41. The lowest BCUT2D eigenvalue weighted by Gasteiger charge is -2.29. The van der Waals surface area contributed by atoms with Gasteiger partial charge in [0.25, 0.3) is 5.91 Å². The lowest BCUT2D eigenvalue weighted by Crippen LogP contribution is -2.46. The average Bonchev–Trinajstić information content (AvgIpc) is 2.86. The van der Waals surface area contributed by atoms with Crippen LogP contribution in [0.2, 0.25) is 0 Å². The Kier molecular flexibility index (Phi) is 5.90. The van der Waals surface area contributed by atoms with Crippen LogP contribution in [0.15, 0.2) is 15.3 Å². The topological polar surface area (TPSA) is 111 Å². The van der Waals surface area contributed by atoms with Crippen molar-refractivity contribution in [3.05, 3.63) is 33.4 Å². The van der Waals surface area contributed by atoms with Crippen LogP contribution in [0, 0.1) is 13.8 Å². The fourth-order valence-electron chi connectivity index (χ4n) is 3.18. The smallest absolute Gasteiger partial charge is 0.342 e. The number of carbonyl (C=O) groups is 2. The molecule has 0 saturated carbocycles. The Morgan fingerprint density at radius 3 is 2.54 bits per heavy atom. The van der Waals surface area contributed by atoms with Crippen LogP contribution < -0.4 is 5.63 Å². The highest BCUT2D eigenvalue weighted by atomic mass is 32.2. The summed E-state index contributed by atoms with van der Waals surface area (Å²) in [4.78, 5) is 37.8. The summed E-state index contributed by atoms with van der Waals surface area (Å²) in [6, 6.07) is 0.773. The summed E-state index contributed by atoms with van der Waals surface area (Å²) in [7, 11) is -3.13. The fourth-order valence-corrected chi connectivity index (χ4v) is 4.91. The van der Waals surface area contributed by atoms with Crippen molar-refractivity contribution >= 4 is 21.7 Å². The Morgan fingerprint density at radius 2 is 2.04 bits per heavy atom. The molecule has 2 atom stereocenters. The van der Waals surface area contributed by atoms with E-state index < -0.39 is 39.5 Å². The van der Waals surface area contributed by atoms with Crippen LogP contribution in [0.4, 0.5) is 0 Å². The average molecular weight is 385 g/mol. The number of rotatable bonds is 5. The van der Waals surface area contributed by atoms with Gasteiger partial charge in [-0.05, 0) is 39.7 Å². The molecule has 1 aromatic heterocycles. The number of aryl methyl sites for hydroxylation is 2. The minimum atomic E-state index is -3.13. The summed E-state index contributed by atoms with van der Waals surface area (Å²) in [5.41, 5.74) is -0.0614. The Bertz CT molecular complexity index is 845. The van der Waals surface area contributed by atoms with Crippen molar-refractivity contribution in [2.75, 3.05) is 18.1 Å². The number of esters is 1. The maximum atomic E-state index is 12.6. The molecule has 0 bridgehead atoms. The van der Waals surface area contributed by atoms with E-state index in [1.54, 1.807) is 13.8 Å². The first-order valence-corrected chi connectivity index (χ1v) is 10.2. The highest BCUT2D eigenvalue weighted by Crippen LogP contribution is 2.20. The van der Waals surface area contributed by atoms with Gasteiger partial charge in [-0.3, -0.25) is 4.79 Å². The molecule has 0 aliphatic carbocycles. The number of likely N-dealkylation sites (N-methyl/N-ethyl adjacent to an activating group) is 1. The number of hydrogen-bond acceptors (Lipinski definition) is 7. The van der Waals surface area contributed by atoms with Gasteiger partial charge in [-0.15, -0.1) is 0 Å². The highest BCUT2D eigenvalue weighted by molar-refractivity contribution is 7.91. The van der Waals surface area contributed by atoms with E-state index in [0.29, 0.717) is 18.5 Å². The molecule has 26 heavy (non-hydrogen) atoms. The van der Waals surface area contributed by atoms with Gasteiger partial charge < -0.3 is 14.1 Å². The van der Waals surface area contributed by atoms with Gasteiger partial charge >= 0.3 is 11.6 Å². The van der Waals surface area contributed by atoms with Gasteiger partial charge in [-0.25, -0.2) is 18.0 Å². The van der Waals surface area contributed by atoms with E-state index >= 15 is 0 Å². The Labute approximate surface area is 152 Å². The molecule has 8 nitrogen and oxygen atoms in total. The zero-order chi connectivity index (χ0) is 19.6. The molecule has 0 spiro atoms. The van der Waals surface area contributed by atoms with E-state index in [-0.39, 0.29) is 22.8 Å². The van der Waals surface area contributed by atoms with Gasteiger partial charge in [0.05, 0.1) is 11.5 Å². The van der Waals surface area contributed by atoms with E-state index in [0.717, 1.165) is 0 Å². The predicted octanol–water partition coefficient (Wildman–Crippen LogP) is 0.838. The molecule has 0 radical (unpaired) electrons. The van der Waals surface area contributed by atoms with Crippen molar-refractivity contribution in [2.24, 2.45) is 0 Å². The maximum absolute atomic E-state index is 12.6. The molecule has 0 N–H and O–H groups in total. The van der Waals surface area contributed by atoms with E-state index in [4.69, 9.17) is 9.15 Å². The third kappa shape index (κ3) is 4.32. The van der Waals surface area contributed by atoms with Crippen LogP contribution in [0.5, 0.6) is 0 Å². The fraction of sp³-hybridized carbons (Fsp3) is 0.588. The molecule has 1 aliphatic rings. The van der Waals surface area contributed by atoms with Crippen LogP contribution in [0.1, 0.15) is 41.9 Å². The molecule has 1 aromatic rings. The SMILES string of the molecule is CCN(C(=O)[C@H](C)OC(=O)c1c(C)cc(=O)oc1C)[C@H]1CCS(=O)(=O)C1. The summed E-state index contributed by atoms with van der Waals surface area (Å²) in [5, 5.41) is 0. The van der Waals surface area contributed by atoms with Crippen LogP contribution in [-0.2, 0) is 19.4 Å². The minimum absolute atomic E-state index is 0.0526. The predicted molar refractivity (Wildman–Crippen MR) is 93.8 cm³/mol. The largest absolute Gasteiger partial charge is 0.449 e. The van der Waals surface area contributed by atoms with Gasteiger partial charge in [0.2, 0.25) is 0 Å². The van der Waals surface area contributed by atoms with Gasteiger partial charge in [0.15, 0.2) is 15.9 Å². The van der Waals surface area contributed by atoms with Crippen molar-refractivity contribution < 1.29 is 27.2 Å². The van der Waals surface area contributed by atoms with Crippen LogP contribution in [0.3, 0.4) is 0 Å². The number of nitrogens with zero attached hydrogens (tertiary/aromatic N) is 1. The number of hydrogen-bond donors (Lipinski definition) is 0. The highest BCUT2D eigenvalue weighted by Gasteiger charge is 2.36. The first kappa shape index (κ1) is 20.2. The zero-order valence-corrected chi connectivity index (χ0v) is 16.1. The van der Waals surface area contributed by atoms with Crippen LogP contribution in [-0.4, -0.2) is 55.4 Å². The molecule has 9 heteroatoms. The Balaban J connectivity index is 2.13. The van der Waals surface area contributed by atoms with Gasteiger partial charge in [0.1, 0.15) is 11.3 Å². The van der Waals surface area contributed by atoms with Crippen LogP contribution in [0.25, 0.3) is 0 Å². The van der Waals surface area contributed by atoms with Gasteiger partial charge in [-0.2, -0.15) is 0 Å². The normalized spacial score (nSPS) is 19.8. The molecular formula is C17H23NO7S. The zero-order valence-electron chi connectivity index (χ0n) is 15.3. The van der Waals surface area contributed by atoms with E-state index in [1.807, 2.05) is 0 Å². The summed E-state index contributed by atoms with van der Waals surface area (Å²) in [6.45, 7) is 6.56. The van der Waals surface area contributed by atoms with Gasteiger partial charge in [-0.1, -0.05) is 0 Å². The van der Waals surface area contributed by atoms with E-state index in [9.17, 15) is 22.8 Å². The third-order valence-corrected chi connectivity index (χ3v) is 6.19. The third-order valence-electron chi connectivity index (χ3n) is 4.44. The maximum Gasteiger partial charge on any atom is 0.342 e. The lowest BCUT2D eigenvalue weighted by atomic mass is 10.1. The quantitative estimate of drug-likeness (QED) is 0.691. The number of sulfone groups is 1. The summed E-state index contributed by atoms with van der Waals surface area (Å²) < 4.78 is 33.5. The Hall–Kier alpha value is -2.16. The van der Waals surface area contributed by atoms with Crippen molar-refractivity contribution in [2.45, 2.75) is 46.3 Å². The molecule has 0 aromatic carbocycles. The van der Waals surface area contributed by atoms with E-state index in [2.05, 4.69) is 0 Å². The lowest BCUT2D eigenvalue weighted by molar-refractivity contribution is -0.141. The monoisotopic (exact) mass is 385 g/mol. The minimum Gasteiger partial charge on any atom is -0.449 e. The van der Waals surface area contributed by atoms with Crippen molar-refractivity contribution in [1.29, 1.82) is 0 Å². The molecule has 0 unspecified atom stereocenters. The molecule has 1 aliphatic heterocycles. The first-order valence-electron chi connectivity index (χ1n) is 8.39. The first-order chi connectivity index (χ1) is 12.1. The molecule has 2 heterocycles. The number of amides is 1. The van der Waals surface area contributed by atoms with Crippen LogP contribution >= 0.6 is 0 Å². The second-order valence-corrected chi connectivity index (χ2v) is 8.64. The molecule has 144 valence electrons. The van der Waals surface area contributed by atoms with Gasteiger partial charge in [0, 0.05) is 18.7 Å². The second kappa shape index (κ2) is 7.61.